The van der Waals surface area contributed by atoms with Gasteiger partial charge in [-0.1, -0.05) is 30.3 Å². The molecule has 1 atom stereocenters. The van der Waals surface area contributed by atoms with Gasteiger partial charge in [0.2, 0.25) is 0 Å². The van der Waals surface area contributed by atoms with E-state index in [9.17, 15) is 20.0 Å². The van der Waals surface area contributed by atoms with E-state index in [0.717, 1.165) is 0 Å². The van der Waals surface area contributed by atoms with E-state index in [1.807, 2.05) is 0 Å². The molecule has 10 nitrogen and oxygen atoms in total. The molecule has 0 amide bonds. The lowest BCUT2D eigenvalue weighted by Crippen LogP contribution is -2.56. The van der Waals surface area contributed by atoms with Crippen LogP contribution in [0.15, 0.2) is 53.6 Å². The van der Waals surface area contributed by atoms with Crippen LogP contribution >= 0.6 is 12.2 Å². The minimum Gasteiger partial charge on any atom is -0.478 e. The van der Waals surface area contributed by atoms with Gasteiger partial charge in [-0.3, -0.25) is 20.1 Å². The highest BCUT2D eigenvalue weighted by Crippen LogP contribution is 2.36. The molecule has 1 unspecified atom stereocenters. The Kier molecular flexibility index (Phi) is 4.45. The molecular formula is C18H14N6O4S. The first-order chi connectivity index (χ1) is 13.9. The molecular weight excluding hydrogens is 396 g/mol. The van der Waals surface area contributed by atoms with Crippen LogP contribution in [0, 0.1) is 10.1 Å². The molecule has 0 spiro atoms. The molecule has 11 heteroatoms. The Labute approximate surface area is 168 Å². The average molecular weight is 410 g/mol. The summed E-state index contributed by atoms with van der Waals surface area (Å²) in [7, 11) is 0. The van der Waals surface area contributed by atoms with Crippen molar-refractivity contribution in [3.8, 4) is 11.3 Å². The van der Waals surface area contributed by atoms with E-state index in [1.165, 1.54) is 18.2 Å². The third-order valence-corrected chi connectivity index (χ3v) is 4.70. The molecule has 146 valence electrons. The lowest BCUT2D eigenvalue weighted by atomic mass is 10.0. The maximum Gasteiger partial charge on any atom is 0.338 e. The van der Waals surface area contributed by atoms with Crippen molar-refractivity contribution in [2.24, 2.45) is 10.8 Å². The average Bonchev–Trinajstić information content (AvgIpc) is 3.03. The zero-order valence-electron chi connectivity index (χ0n) is 14.7. The lowest BCUT2D eigenvalue weighted by Gasteiger charge is -2.25. The second-order valence-corrected chi connectivity index (χ2v) is 6.63. The van der Waals surface area contributed by atoms with Crippen molar-refractivity contribution in [2.75, 3.05) is 0 Å². The van der Waals surface area contributed by atoms with Gasteiger partial charge in [-0.2, -0.15) is 5.10 Å². The van der Waals surface area contributed by atoms with Crippen LogP contribution in [0.1, 0.15) is 10.4 Å². The number of hydrogen-bond acceptors (Lipinski definition) is 6. The van der Waals surface area contributed by atoms with Crippen molar-refractivity contribution < 1.29 is 14.8 Å². The number of carbonyl (C=O) groups is 1. The molecule has 1 aliphatic heterocycles. The van der Waals surface area contributed by atoms with Crippen LogP contribution in [0.5, 0.6) is 0 Å². The molecule has 0 radical (unpaired) electrons. The van der Waals surface area contributed by atoms with Crippen LogP contribution < -0.4 is 16.5 Å². The largest absolute Gasteiger partial charge is 0.478 e. The van der Waals surface area contributed by atoms with Gasteiger partial charge in [-0.25, -0.2) is 4.79 Å². The Balaban J connectivity index is 2.14. The van der Waals surface area contributed by atoms with E-state index in [1.54, 1.807) is 34.9 Å². The molecule has 2 aromatic carbocycles. The Morgan fingerprint density at radius 1 is 1.28 bits per heavy atom. The van der Waals surface area contributed by atoms with Gasteiger partial charge in [-0.15, -0.1) is 0 Å². The van der Waals surface area contributed by atoms with Crippen LogP contribution in [0.4, 0.5) is 5.69 Å². The number of nitrogens with two attached hydrogens (primary N) is 1. The van der Waals surface area contributed by atoms with E-state index >= 15 is 0 Å². The zero-order valence-corrected chi connectivity index (χ0v) is 15.5. The van der Waals surface area contributed by atoms with Crippen LogP contribution in [-0.2, 0) is 0 Å². The highest BCUT2D eigenvalue weighted by molar-refractivity contribution is 7.80. The number of carboxylic acids is 1. The fourth-order valence-electron chi connectivity index (χ4n) is 3.32. The number of carboxylic acid groups (broad SMARTS) is 1. The molecule has 4 rings (SSSR count). The monoisotopic (exact) mass is 410 g/mol. The fraction of sp³-hybridized carbons (Fsp3) is 0.0556. The molecule has 0 saturated carbocycles. The van der Waals surface area contributed by atoms with Crippen LogP contribution in [-0.4, -0.2) is 37.7 Å². The van der Waals surface area contributed by atoms with E-state index < -0.39 is 17.1 Å². The van der Waals surface area contributed by atoms with Crippen molar-refractivity contribution >= 4 is 45.7 Å². The topological polar surface area (TPSA) is 148 Å². The first-order valence-corrected chi connectivity index (χ1v) is 8.81. The van der Waals surface area contributed by atoms with Gasteiger partial charge in [0, 0.05) is 17.5 Å². The van der Waals surface area contributed by atoms with E-state index in [2.05, 4.69) is 15.8 Å². The van der Waals surface area contributed by atoms with E-state index in [4.69, 9.17) is 18.0 Å². The van der Waals surface area contributed by atoms with Crippen LogP contribution in [0.2, 0.25) is 0 Å². The number of nitrogens with one attached hydrogen (secondary N) is 2. The lowest BCUT2D eigenvalue weighted by molar-refractivity contribution is -0.384. The summed E-state index contributed by atoms with van der Waals surface area (Å²) in [4.78, 5) is 22.9. The highest BCUT2D eigenvalue weighted by atomic mass is 32.1. The Bertz CT molecular complexity index is 1200. The smallest absolute Gasteiger partial charge is 0.338 e. The SMILES string of the molecule is NC1NC(=S)NN=C1n1c(-c2ccccc2)c(C(=O)O)c2cc([N+](=O)[O-])ccc21. The number of nitro groups is 1. The third-order valence-electron chi connectivity index (χ3n) is 4.49. The molecule has 0 fully saturated rings. The number of non-ortho nitro benzene ring substituents is 1. The number of thiocarbonyl (C=S) groups is 1. The number of nitro benzene ring substituents is 1. The highest BCUT2D eigenvalue weighted by Gasteiger charge is 2.30. The number of fused-ring (bicyclic) bond motifs is 1. The van der Waals surface area contributed by atoms with Crippen molar-refractivity contribution in [1.29, 1.82) is 0 Å². The summed E-state index contributed by atoms with van der Waals surface area (Å²) in [6.07, 6.45) is -0.821. The summed E-state index contributed by atoms with van der Waals surface area (Å²) < 4.78 is 1.57. The van der Waals surface area contributed by atoms with Crippen molar-refractivity contribution in [3.63, 3.8) is 0 Å². The quantitative estimate of drug-likeness (QED) is 0.290. The molecule has 5 N–H and O–H groups in total. The van der Waals surface area contributed by atoms with Gasteiger partial charge in [0.1, 0.15) is 6.17 Å². The Hall–Kier alpha value is -3.83. The maximum absolute atomic E-state index is 12.2. The summed E-state index contributed by atoms with van der Waals surface area (Å²) in [6.45, 7) is 0. The Morgan fingerprint density at radius 3 is 2.62 bits per heavy atom. The summed E-state index contributed by atoms with van der Waals surface area (Å²) in [5, 5.41) is 28.7. The number of benzene rings is 2. The number of aromatic nitrogens is 1. The van der Waals surface area contributed by atoms with Crippen LogP contribution in [0.25, 0.3) is 22.2 Å². The summed E-state index contributed by atoms with van der Waals surface area (Å²) in [5.41, 5.74) is 9.79. The van der Waals surface area contributed by atoms with Gasteiger partial charge in [0.25, 0.3) is 5.69 Å². The normalized spacial score (nSPS) is 16.1. The van der Waals surface area contributed by atoms with Gasteiger partial charge in [0.15, 0.2) is 10.9 Å². The van der Waals surface area contributed by atoms with Crippen molar-refractivity contribution in [2.45, 2.75) is 6.17 Å². The van der Waals surface area contributed by atoms with Gasteiger partial charge >= 0.3 is 5.97 Å². The summed E-state index contributed by atoms with van der Waals surface area (Å²) >= 11 is 5.01. The van der Waals surface area contributed by atoms with Gasteiger partial charge in [-0.05, 0) is 23.8 Å². The second-order valence-electron chi connectivity index (χ2n) is 6.22. The standard InChI is InChI=1S/C18H14N6O4S/c19-15-16(21-22-18(29)20-15)23-12-7-6-10(24(27)28)8-11(12)13(17(25)26)14(23)9-4-2-1-3-5-9/h1-8,15H,19H2,(H,25,26)(H2,20,22,29). The molecule has 0 saturated heterocycles. The zero-order chi connectivity index (χ0) is 20.7. The molecule has 1 aliphatic rings. The number of rotatable bonds is 3. The predicted octanol–water partition coefficient (Wildman–Crippen LogP) is 1.84. The van der Waals surface area contributed by atoms with E-state index in [0.29, 0.717) is 16.8 Å². The summed E-state index contributed by atoms with van der Waals surface area (Å²) in [6, 6.07) is 12.8. The Morgan fingerprint density at radius 2 is 2.00 bits per heavy atom. The number of hydrogen-bond donors (Lipinski definition) is 4. The maximum atomic E-state index is 12.2. The third kappa shape index (κ3) is 3.07. The summed E-state index contributed by atoms with van der Waals surface area (Å²) in [5.74, 6) is -0.960. The molecule has 2 heterocycles. The molecule has 29 heavy (non-hydrogen) atoms. The molecule has 0 bridgehead atoms. The molecule has 3 aromatic rings. The number of aromatic carboxylic acids is 1. The number of nitrogens with zero attached hydrogens (tertiary/aromatic N) is 3. The van der Waals surface area contributed by atoms with Crippen molar-refractivity contribution in [3.05, 3.63) is 64.2 Å². The van der Waals surface area contributed by atoms with Gasteiger partial charge < -0.3 is 16.2 Å². The van der Waals surface area contributed by atoms with E-state index in [-0.39, 0.29) is 27.6 Å². The minimum absolute atomic E-state index is 0.0852. The number of hydrazone groups is 1. The first-order valence-electron chi connectivity index (χ1n) is 8.40. The van der Waals surface area contributed by atoms with Crippen LogP contribution in [0.3, 0.4) is 0 Å². The predicted molar refractivity (Wildman–Crippen MR) is 111 cm³/mol. The van der Waals surface area contributed by atoms with Crippen molar-refractivity contribution in [1.82, 2.24) is 15.3 Å². The first kappa shape index (κ1) is 18.5. The molecule has 1 aromatic heterocycles. The fourth-order valence-corrected chi connectivity index (χ4v) is 3.49. The minimum atomic E-state index is -1.23. The second kappa shape index (κ2) is 6.96. The van der Waals surface area contributed by atoms with Gasteiger partial charge in [0.05, 0.1) is 21.7 Å². The molecule has 0 aliphatic carbocycles.